The van der Waals surface area contributed by atoms with E-state index in [1.807, 2.05) is 18.2 Å². The largest absolute Gasteiger partial charge is 0.302 e. The third kappa shape index (κ3) is 3.76. The number of rotatable bonds is 5. The maximum absolute atomic E-state index is 6.10. The summed E-state index contributed by atoms with van der Waals surface area (Å²) in [5, 5.41) is 7.02. The molecule has 2 atom stereocenters. The van der Waals surface area contributed by atoms with E-state index in [-0.39, 0.29) is 6.04 Å². The molecule has 0 aliphatic heterocycles. The third-order valence-electron chi connectivity index (χ3n) is 3.39. The van der Waals surface area contributed by atoms with Crippen LogP contribution in [0.3, 0.4) is 0 Å². The first-order valence-electron chi connectivity index (χ1n) is 6.73. The van der Waals surface area contributed by atoms with E-state index in [2.05, 4.69) is 43.6 Å². The van der Waals surface area contributed by atoms with Gasteiger partial charge < -0.3 is 5.32 Å². The number of thiophene rings is 1. The lowest BCUT2D eigenvalue weighted by Crippen LogP contribution is -2.27. The summed E-state index contributed by atoms with van der Waals surface area (Å²) in [5.41, 5.74) is 1.15. The number of halogens is 2. The lowest BCUT2D eigenvalue weighted by atomic mass is 10.00. The average molecular weight is 328 g/mol. The van der Waals surface area contributed by atoms with Crippen molar-refractivity contribution in [1.29, 1.82) is 0 Å². The highest BCUT2D eigenvalue weighted by Gasteiger charge is 2.19. The van der Waals surface area contributed by atoms with Crippen molar-refractivity contribution in [1.82, 2.24) is 5.32 Å². The van der Waals surface area contributed by atoms with Gasteiger partial charge in [0, 0.05) is 17.0 Å². The molecule has 0 amide bonds. The van der Waals surface area contributed by atoms with Gasteiger partial charge in [0.2, 0.25) is 0 Å². The highest BCUT2D eigenvalue weighted by atomic mass is 35.5. The third-order valence-corrected chi connectivity index (χ3v) is 5.08. The van der Waals surface area contributed by atoms with Gasteiger partial charge in [0.1, 0.15) is 0 Å². The summed E-state index contributed by atoms with van der Waals surface area (Å²) in [7, 11) is 0. The predicted molar refractivity (Wildman–Crippen MR) is 89.9 cm³/mol. The van der Waals surface area contributed by atoms with Crippen LogP contribution < -0.4 is 5.32 Å². The van der Waals surface area contributed by atoms with Crippen LogP contribution in [0.4, 0.5) is 0 Å². The van der Waals surface area contributed by atoms with Crippen molar-refractivity contribution in [2.24, 2.45) is 5.92 Å². The maximum atomic E-state index is 6.10. The van der Waals surface area contributed by atoms with Gasteiger partial charge in [-0.15, -0.1) is 11.3 Å². The van der Waals surface area contributed by atoms with Crippen LogP contribution >= 0.6 is 34.5 Å². The second-order valence-electron chi connectivity index (χ2n) is 5.30. The molecule has 1 nitrogen and oxygen atoms in total. The molecule has 1 heterocycles. The molecular formula is C16H19Cl2NS. The van der Waals surface area contributed by atoms with Crippen LogP contribution in [-0.2, 0) is 0 Å². The standard InChI is InChI=1S/C16H19Cl2NS/c1-10(2)16(15-5-4-8-20-15)19-11(3)12-6-7-13(17)14(18)9-12/h4-11,16,19H,1-3H3. The van der Waals surface area contributed by atoms with Gasteiger partial charge in [-0.05, 0) is 42.0 Å². The average Bonchev–Trinajstić information content (AvgIpc) is 2.92. The molecule has 108 valence electrons. The topological polar surface area (TPSA) is 12.0 Å². The second-order valence-corrected chi connectivity index (χ2v) is 7.09. The van der Waals surface area contributed by atoms with E-state index in [9.17, 15) is 0 Å². The van der Waals surface area contributed by atoms with Crippen molar-refractivity contribution < 1.29 is 0 Å². The van der Waals surface area contributed by atoms with Gasteiger partial charge >= 0.3 is 0 Å². The van der Waals surface area contributed by atoms with Gasteiger partial charge in [0.25, 0.3) is 0 Å². The summed E-state index contributed by atoms with van der Waals surface area (Å²) >= 11 is 13.9. The Labute approximate surface area is 134 Å². The summed E-state index contributed by atoms with van der Waals surface area (Å²) in [4.78, 5) is 1.37. The first-order chi connectivity index (χ1) is 9.49. The molecule has 0 aliphatic carbocycles. The molecule has 0 spiro atoms. The lowest BCUT2D eigenvalue weighted by Gasteiger charge is -2.26. The van der Waals surface area contributed by atoms with Gasteiger partial charge in [0.15, 0.2) is 0 Å². The molecule has 0 saturated heterocycles. The van der Waals surface area contributed by atoms with Gasteiger partial charge in [-0.25, -0.2) is 0 Å². The molecular weight excluding hydrogens is 309 g/mol. The van der Waals surface area contributed by atoms with Crippen molar-refractivity contribution in [3.63, 3.8) is 0 Å². The quantitative estimate of drug-likeness (QED) is 0.699. The number of hydrogen-bond donors (Lipinski definition) is 1. The van der Waals surface area contributed by atoms with Crippen LogP contribution in [0.2, 0.25) is 10.0 Å². The molecule has 1 aromatic carbocycles. The van der Waals surface area contributed by atoms with E-state index in [1.54, 1.807) is 11.3 Å². The van der Waals surface area contributed by atoms with E-state index < -0.39 is 0 Å². The summed E-state index contributed by atoms with van der Waals surface area (Å²) in [6.45, 7) is 6.63. The molecule has 4 heteroatoms. The second kappa shape index (κ2) is 6.95. The molecule has 2 unspecified atom stereocenters. The van der Waals surface area contributed by atoms with Crippen molar-refractivity contribution in [3.8, 4) is 0 Å². The van der Waals surface area contributed by atoms with Crippen LogP contribution in [0.25, 0.3) is 0 Å². The van der Waals surface area contributed by atoms with Gasteiger partial charge in [-0.1, -0.05) is 49.2 Å². The van der Waals surface area contributed by atoms with E-state index in [4.69, 9.17) is 23.2 Å². The summed E-state index contributed by atoms with van der Waals surface area (Å²) < 4.78 is 0. The molecule has 2 aromatic rings. The molecule has 0 bridgehead atoms. The Balaban J connectivity index is 2.16. The van der Waals surface area contributed by atoms with Crippen LogP contribution in [-0.4, -0.2) is 0 Å². The van der Waals surface area contributed by atoms with Gasteiger partial charge in [0.05, 0.1) is 10.0 Å². The monoisotopic (exact) mass is 327 g/mol. The fourth-order valence-electron chi connectivity index (χ4n) is 2.22. The molecule has 20 heavy (non-hydrogen) atoms. The highest BCUT2D eigenvalue weighted by molar-refractivity contribution is 7.10. The van der Waals surface area contributed by atoms with Gasteiger partial charge in [-0.2, -0.15) is 0 Å². The Kier molecular flexibility index (Phi) is 5.50. The molecule has 0 aliphatic rings. The Hall–Kier alpha value is -0.540. The van der Waals surface area contributed by atoms with Crippen LogP contribution in [0.15, 0.2) is 35.7 Å². The molecule has 0 fully saturated rings. The van der Waals surface area contributed by atoms with E-state index in [0.29, 0.717) is 22.0 Å². The minimum absolute atomic E-state index is 0.222. The first kappa shape index (κ1) is 15.8. The van der Waals surface area contributed by atoms with Crippen molar-refractivity contribution in [3.05, 3.63) is 56.2 Å². The first-order valence-corrected chi connectivity index (χ1v) is 8.37. The summed E-state index contributed by atoms with van der Waals surface area (Å²) in [6, 6.07) is 10.7. The van der Waals surface area contributed by atoms with Crippen molar-refractivity contribution in [2.45, 2.75) is 32.9 Å². The molecule has 2 rings (SSSR count). The minimum Gasteiger partial charge on any atom is -0.302 e. The van der Waals surface area contributed by atoms with Crippen LogP contribution in [0, 0.1) is 5.92 Å². The maximum Gasteiger partial charge on any atom is 0.0595 e. The number of benzene rings is 1. The zero-order valence-electron chi connectivity index (χ0n) is 11.9. The normalized spacial score (nSPS) is 14.5. The lowest BCUT2D eigenvalue weighted by molar-refractivity contribution is 0.379. The molecule has 1 aromatic heterocycles. The summed E-state index contributed by atoms with van der Waals surface area (Å²) in [6.07, 6.45) is 0. The minimum atomic E-state index is 0.222. The Bertz CT molecular complexity index is 552. The number of hydrogen-bond acceptors (Lipinski definition) is 2. The van der Waals surface area contributed by atoms with Gasteiger partial charge in [-0.3, -0.25) is 0 Å². The zero-order chi connectivity index (χ0) is 14.7. The Morgan fingerprint density at radius 1 is 1.05 bits per heavy atom. The zero-order valence-corrected chi connectivity index (χ0v) is 14.2. The predicted octanol–water partition coefficient (Wildman–Crippen LogP) is 6.10. The van der Waals surface area contributed by atoms with Crippen LogP contribution in [0.1, 0.15) is 43.3 Å². The molecule has 0 saturated carbocycles. The van der Waals surface area contributed by atoms with Crippen LogP contribution in [0.5, 0.6) is 0 Å². The highest BCUT2D eigenvalue weighted by Crippen LogP contribution is 2.30. The molecule has 0 radical (unpaired) electrons. The SMILES string of the molecule is CC(NC(c1cccs1)C(C)C)c1ccc(Cl)c(Cl)c1. The Morgan fingerprint density at radius 3 is 2.35 bits per heavy atom. The van der Waals surface area contributed by atoms with E-state index >= 15 is 0 Å². The smallest absolute Gasteiger partial charge is 0.0595 e. The summed E-state index contributed by atoms with van der Waals surface area (Å²) in [5.74, 6) is 0.527. The van der Waals surface area contributed by atoms with E-state index in [1.165, 1.54) is 4.88 Å². The Morgan fingerprint density at radius 2 is 1.80 bits per heavy atom. The fourth-order valence-corrected chi connectivity index (χ4v) is 3.48. The van der Waals surface area contributed by atoms with Crippen molar-refractivity contribution in [2.75, 3.05) is 0 Å². The van der Waals surface area contributed by atoms with E-state index in [0.717, 1.165) is 5.56 Å². The fraction of sp³-hybridized carbons (Fsp3) is 0.375. The number of nitrogens with one attached hydrogen (secondary N) is 1. The molecule has 1 N–H and O–H groups in total. The van der Waals surface area contributed by atoms with Crippen molar-refractivity contribution >= 4 is 34.5 Å².